The van der Waals surface area contributed by atoms with Crippen molar-refractivity contribution in [2.45, 2.75) is 29.9 Å². The predicted molar refractivity (Wildman–Crippen MR) is 132 cm³/mol. The summed E-state index contributed by atoms with van der Waals surface area (Å²) in [6, 6.07) is 9.96. The van der Waals surface area contributed by atoms with Gasteiger partial charge in [-0.15, -0.1) is 23.1 Å². The molecular formula is C24H27ClN2O3S2. The molecular weight excluding hydrogens is 464 g/mol. The zero-order valence-electron chi connectivity index (χ0n) is 18.1. The van der Waals surface area contributed by atoms with Gasteiger partial charge in [-0.05, 0) is 67.4 Å². The van der Waals surface area contributed by atoms with Crippen molar-refractivity contribution in [3.63, 3.8) is 0 Å². The first-order chi connectivity index (χ1) is 15.5. The number of rotatable bonds is 10. The van der Waals surface area contributed by atoms with E-state index in [9.17, 15) is 9.90 Å². The number of aromatic nitrogens is 1. The van der Waals surface area contributed by atoms with Crippen LogP contribution in [-0.2, 0) is 11.2 Å². The number of carbonyl (C=O) groups is 1. The van der Waals surface area contributed by atoms with E-state index < -0.39 is 11.4 Å². The zero-order valence-corrected chi connectivity index (χ0v) is 20.4. The van der Waals surface area contributed by atoms with E-state index in [2.05, 4.69) is 27.4 Å². The van der Waals surface area contributed by atoms with Gasteiger partial charge >= 0.3 is 5.97 Å². The first-order valence-electron chi connectivity index (χ1n) is 10.7. The lowest BCUT2D eigenvalue weighted by Crippen LogP contribution is -2.35. The van der Waals surface area contributed by atoms with Crippen molar-refractivity contribution in [1.82, 2.24) is 9.88 Å². The number of likely N-dealkylation sites (tertiary alicyclic amines) is 1. The second kappa shape index (κ2) is 10.4. The Morgan fingerprint density at radius 3 is 3.03 bits per heavy atom. The Morgan fingerprint density at radius 1 is 1.41 bits per heavy atom. The van der Waals surface area contributed by atoms with E-state index in [-0.39, 0.29) is 0 Å². The average Bonchev–Trinajstić information content (AvgIpc) is 3.46. The van der Waals surface area contributed by atoms with E-state index in [1.54, 1.807) is 24.6 Å². The van der Waals surface area contributed by atoms with Crippen LogP contribution in [0.4, 0.5) is 0 Å². The summed E-state index contributed by atoms with van der Waals surface area (Å²) in [4.78, 5) is 19.0. The van der Waals surface area contributed by atoms with Crippen LogP contribution in [0.15, 0.2) is 46.1 Å². The predicted octanol–water partition coefficient (Wildman–Crippen LogP) is 5.85. The average molecular weight is 491 g/mol. The fourth-order valence-electron chi connectivity index (χ4n) is 4.44. The standard InChI is InChI=1S/C24H27ClN2O3S2/c1-30-17-6-7-21-19(14-17)18(20(25)15-26-21)4-2-8-24(23(28)29)9-10-27(16-24)11-13-32-22-5-3-12-31-22/h3,5-7,12,14-15H,2,4,8-11,13,16H2,1H3,(H,28,29). The number of benzene rings is 1. The van der Waals surface area contributed by atoms with E-state index in [4.69, 9.17) is 16.3 Å². The van der Waals surface area contributed by atoms with Gasteiger partial charge in [0.15, 0.2) is 0 Å². The Morgan fingerprint density at radius 2 is 2.28 bits per heavy atom. The Kier molecular flexibility index (Phi) is 7.61. The van der Waals surface area contributed by atoms with Crippen molar-refractivity contribution in [1.29, 1.82) is 0 Å². The number of thioether (sulfide) groups is 1. The Hall–Kier alpha value is -1.80. The number of hydrogen-bond donors (Lipinski definition) is 1. The second-order valence-electron chi connectivity index (χ2n) is 8.21. The van der Waals surface area contributed by atoms with Gasteiger partial charge in [-0.25, -0.2) is 0 Å². The van der Waals surface area contributed by atoms with E-state index >= 15 is 0 Å². The van der Waals surface area contributed by atoms with Crippen LogP contribution in [0.3, 0.4) is 0 Å². The molecule has 0 saturated carbocycles. The summed E-state index contributed by atoms with van der Waals surface area (Å²) in [6.07, 6.45) is 4.50. The Bertz CT molecular complexity index is 1080. The molecule has 1 fully saturated rings. The molecule has 1 saturated heterocycles. The maximum atomic E-state index is 12.3. The number of thiophene rings is 1. The molecule has 170 valence electrons. The number of methoxy groups -OCH3 is 1. The maximum absolute atomic E-state index is 12.3. The number of aryl methyl sites for hydroxylation is 1. The summed E-state index contributed by atoms with van der Waals surface area (Å²) in [5, 5.41) is 13.7. The van der Waals surface area contributed by atoms with Crippen LogP contribution in [0.1, 0.15) is 24.8 Å². The minimum absolute atomic E-state index is 0.617. The first-order valence-corrected chi connectivity index (χ1v) is 13.0. The van der Waals surface area contributed by atoms with Crippen LogP contribution >= 0.6 is 34.7 Å². The number of nitrogens with zero attached hydrogens (tertiary/aromatic N) is 2. The fraction of sp³-hybridized carbons (Fsp3) is 0.417. The van der Waals surface area contributed by atoms with Gasteiger partial charge in [-0.1, -0.05) is 17.7 Å². The highest BCUT2D eigenvalue weighted by atomic mass is 35.5. The number of carboxylic acids is 1. The van der Waals surface area contributed by atoms with Crippen molar-refractivity contribution < 1.29 is 14.6 Å². The minimum atomic E-state index is -0.682. The first kappa shape index (κ1) is 23.4. The largest absolute Gasteiger partial charge is 0.497 e. The third kappa shape index (κ3) is 5.22. The van der Waals surface area contributed by atoms with Gasteiger partial charge in [0.2, 0.25) is 0 Å². The number of carboxylic acid groups (broad SMARTS) is 1. The van der Waals surface area contributed by atoms with Gasteiger partial charge < -0.3 is 14.7 Å². The van der Waals surface area contributed by atoms with Crippen LogP contribution < -0.4 is 4.74 Å². The Labute approximate surface area is 201 Å². The number of aliphatic carboxylic acids is 1. The van der Waals surface area contributed by atoms with Crippen molar-refractivity contribution in [2.24, 2.45) is 5.41 Å². The monoisotopic (exact) mass is 490 g/mol. The van der Waals surface area contributed by atoms with E-state index in [1.807, 2.05) is 30.0 Å². The van der Waals surface area contributed by atoms with Gasteiger partial charge in [-0.3, -0.25) is 9.78 Å². The number of fused-ring (bicyclic) bond motifs is 1. The smallest absolute Gasteiger partial charge is 0.310 e. The van der Waals surface area contributed by atoms with Gasteiger partial charge in [-0.2, -0.15) is 0 Å². The normalized spacial score (nSPS) is 18.9. The summed E-state index contributed by atoms with van der Waals surface area (Å²) in [6.45, 7) is 2.37. The highest BCUT2D eigenvalue weighted by Crippen LogP contribution is 2.37. The SMILES string of the molecule is COc1ccc2ncc(Cl)c(CCCC3(C(=O)O)CCN(CCSc4cccs4)C3)c2c1. The van der Waals surface area contributed by atoms with Gasteiger partial charge in [0.25, 0.3) is 0 Å². The Balaban J connectivity index is 1.38. The molecule has 4 rings (SSSR count). The van der Waals surface area contributed by atoms with E-state index in [0.717, 1.165) is 47.5 Å². The summed E-state index contributed by atoms with van der Waals surface area (Å²) in [5.41, 5.74) is 1.20. The topological polar surface area (TPSA) is 62.7 Å². The number of ether oxygens (including phenoxy) is 1. The van der Waals surface area contributed by atoms with Gasteiger partial charge in [0.05, 0.1) is 27.3 Å². The highest BCUT2D eigenvalue weighted by Gasteiger charge is 2.44. The van der Waals surface area contributed by atoms with E-state index in [0.29, 0.717) is 30.8 Å². The minimum Gasteiger partial charge on any atom is -0.497 e. The molecule has 1 aromatic carbocycles. The summed E-state index contributed by atoms with van der Waals surface area (Å²) in [7, 11) is 1.64. The maximum Gasteiger partial charge on any atom is 0.310 e. The molecule has 1 unspecified atom stereocenters. The molecule has 1 aliphatic heterocycles. The molecule has 0 radical (unpaired) electrons. The molecule has 0 bridgehead atoms. The molecule has 3 heterocycles. The molecule has 0 aliphatic carbocycles. The molecule has 5 nitrogen and oxygen atoms in total. The lowest BCUT2D eigenvalue weighted by Gasteiger charge is -2.25. The van der Waals surface area contributed by atoms with Crippen molar-refractivity contribution in [3.8, 4) is 5.75 Å². The lowest BCUT2D eigenvalue weighted by atomic mass is 9.81. The lowest BCUT2D eigenvalue weighted by molar-refractivity contribution is -0.148. The molecule has 0 spiro atoms. The summed E-state index contributed by atoms with van der Waals surface area (Å²) < 4.78 is 6.67. The molecule has 1 atom stereocenters. The van der Waals surface area contributed by atoms with E-state index in [1.165, 1.54) is 4.21 Å². The molecule has 0 amide bonds. The van der Waals surface area contributed by atoms with Gasteiger partial charge in [0, 0.05) is 30.4 Å². The van der Waals surface area contributed by atoms with Gasteiger partial charge in [0.1, 0.15) is 5.75 Å². The van der Waals surface area contributed by atoms with Crippen LogP contribution in [0.25, 0.3) is 10.9 Å². The molecule has 2 aromatic heterocycles. The van der Waals surface area contributed by atoms with Crippen molar-refractivity contribution in [3.05, 3.63) is 52.5 Å². The number of pyridine rings is 1. The molecule has 1 N–H and O–H groups in total. The van der Waals surface area contributed by atoms with Crippen molar-refractivity contribution in [2.75, 3.05) is 32.5 Å². The summed E-state index contributed by atoms with van der Waals surface area (Å²) >= 11 is 10.1. The second-order valence-corrected chi connectivity index (χ2v) is 11.0. The summed E-state index contributed by atoms with van der Waals surface area (Å²) in [5.74, 6) is 1.06. The third-order valence-electron chi connectivity index (χ3n) is 6.25. The highest BCUT2D eigenvalue weighted by molar-refractivity contribution is 8.01. The third-order valence-corrected chi connectivity index (χ3v) is 8.69. The molecule has 8 heteroatoms. The van der Waals surface area contributed by atoms with Crippen molar-refractivity contribution >= 4 is 51.6 Å². The van der Waals surface area contributed by atoms with Crippen LogP contribution in [0, 0.1) is 5.41 Å². The molecule has 32 heavy (non-hydrogen) atoms. The quantitative estimate of drug-likeness (QED) is 0.360. The van der Waals surface area contributed by atoms with Crippen LogP contribution in [-0.4, -0.2) is 53.5 Å². The molecule has 1 aliphatic rings. The fourth-order valence-corrected chi connectivity index (χ4v) is 6.55. The zero-order chi connectivity index (χ0) is 22.6. The van der Waals surface area contributed by atoms with Crippen LogP contribution in [0.2, 0.25) is 5.02 Å². The molecule has 3 aromatic rings. The number of hydrogen-bond acceptors (Lipinski definition) is 6. The number of halogens is 1. The van der Waals surface area contributed by atoms with Crippen LogP contribution in [0.5, 0.6) is 5.75 Å².